The van der Waals surface area contributed by atoms with Gasteiger partial charge in [-0.2, -0.15) is 0 Å². The number of rotatable bonds is 7. The highest BCUT2D eigenvalue weighted by atomic mass is 79.9. The average molecular weight is 355 g/mol. The highest BCUT2D eigenvalue weighted by Gasteiger charge is 2.04. The first-order chi connectivity index (χ1) is 10.2. The molecule has 0 unspecified atom stereocenters. The molecule has 0 radical (unpaired) electrons. The van der Waals surface area contributed by atoms with Crippen LogP contribution < -0.4 is 14.2 Å². The van der Waals surface area contributed by atoms with Gasteiger partial charge in [0.2, 0.25) is 0 Å². The molecule has 0 N–H and O–H groups in total. The third-order valence-corrected chi connectivity index (χ3v) is 3.29. The SMILES string of the molecule is CCOc1ccccc1OCCOc1ccc(Br)c(F)c1. The second-order valence-corrected chi connectivity index (χ2v) is 5.01. The molecule has 0 aliphatic heterocycles. The van der Waals surface area contributed by atoms with E-state index < -0.39 is 0 Å². The molecule has 0 fully saturated rings. The van der Waals surface area contributed by atoms with Crippen LogP contribution in [0.1, 0.15) is 6.92 Å². The molecule has 0 aliphatic carbocycles. The van der Waals surface area contributed by atoms with Crippen molar-refractivity contribution in [2.75, 3.05) is 19.8 Å². The van der Waals surface area contributed by atoms with E-state index in [0.29, 0.717) is 41.5 Å². The zero-order valence-corrected chi connectivity index (χ0v) is 13.2. The molecule has 3 nitrogen and oxygen atoms in total. The highest BCUT2D eigenvalue weighted by molar-refractivity contribution is 9.10. The Bertz CT molecular complexity index is 589. The van der Waals surface area contributed by atoms with E-state index in [1.807, 2.05) is 31.2 Å². The summed E-state index contributed by atoms with van der Waals surface area (Å²) in [6.07, 6.45) is 0. The number of benzene rings is 2. The van der Waals surface area contributed by atoms with Gasteiger partial charge < -0.3 is 14.2 Å². The van der Waals surface area contributed by atoms with Gasteiger partial charge in [-0.15, -0.1) is 0 Å². The van der Waals surface area contributed by atoms with Crippen LogP contribution in [-0.2, 0) is 0 Å². The van der Waals surface area contributed by atoms with Crippen LogP contribution in [0.4, 0.5) is 4.39 Å². The first kappa shape index (κ1) is 15.6. The Morgan fingerprint density at radius 3 is 2.29 bits per heavy atom. The fourth-order valence-electron chi connectivity index (χ4n) is 1.72. The van der Waals surface area contributed by atoms with Crippen LogP contribution in [0.5, 0.6) is 17.2 Å². The van der Waals surface area contributed by atoms with Crippen molar-refractivity contribution in [3.8, 4) is 17.2 Å². The Labute approximate surface area is 131 Å². The smallest absolute Gasteiger partial charge is 0.161 e. The van der Waals surface area contributed by atoms with Crippen molar-refractivity contribution in [2.24, 2.45) is 0 Å². The maximum atomic E-state index is 13.3. The van der Waals surface area contributed by atoms with Gasteiger partial charge in [0, 0.05) is 6.07 Å². The minimum absolute atomic E-state index is 0.321. The summed E-state index contributed by atoms with van der Waals surface area (Å²) in [6, 6.07) is 12.1. The molecule has 0 saturated carbocycles. The lowest BCUT2D eigenvalue weighted by molar-refractivity contribution is 0.208. The second kappa shape index (κ2) is 7.88. The number of hydrogen-bond acceptors (Lipinski definition) is 3. The van der Waals surface area contributed by atoms with Crippen molar-refractivity contribution in [3.05, 3.63) is 52.8 Å². The van der Waals surface area contributed by atoms with Gasteiger partial charge in [0.05, 0.1) is 11.1 Å². The quantitative estimate of drug-likeness (QED) is 0.687. The number of hydrogen-bond donors (Lipinski definition) is 0. The molecular weight excluding hydrogens is 339 g/mol. The first-order valence-corrected chi connectivity index (χ1v) is 7.42. The van der Waals surface area contributed by atoms with E-state index in [1.54, 1.807) is 12.1 Å². The molecule has 2 rings (SSSR count). The molecule has 0 amide bonds. The summed E-state index contributed by atoms with van der Waals surface area (Å²) in [7, 11) is 0. The average Bonchev–Trinajstić information content (AvgIpc) is 2.49. The van der Waals surface area contributed by atoms with Crippen molar-refractivity contribution in [2.45, 2.75) is 6.92 Å². The molecular formula is C16H16BrFO3. The normalized spacial score (nSPS) is 10.2. The zero-order chi connectivity index (χ0) is 15.1. The molecule has 0 saturated heterocycles. The van der Waals surface area contributed by atoms with Crippen LogP contribution in [0.15, 0.2) is 46.9 Å². The topological polar surface area (TPSA) is 27.7 Å². The number of halogens is 2. The molecule has 0 spiro atoms. The summed E-state index contributed by atoms with van der Waals surface area (Å²) in [5, 5.41) is 0. The summed E-state index contributed by atoms with van der Waals surface area (Å²) in [6.45, 7) is 3.17. The van der Waals surface area contributed by atoms with E-state index in [2.05, 4.69) is 15.9 Å². The Balaban J connectivity index is 1.83. The molecule has 112 valence electrons. The standard InChI is InChI=1S/C16H16BrFO3/c1-2-19-15-5-3-4-6-16(15)21-10-9-20-12-7-8-13(17)14(18)11-12/h3-8,11H,2,9-10H2,1H3. The van der Waals surface area contributed by atoms with Crippen molar-refractivity contribution >= 4 is 15.9 Å². The maximum absolute atomic E-state index is 13.3. The molecule has 0 bridgehead atoms. The number of para-hydroxylation sites is 2. The van der Waals surface area contributed by atoms with Crippen molar-refractivity contribution in [3.63, 3.8) is 0 Å². The van der Waals surface area contributed by atoms with E-state index in [1.165, 1.54) is 6.07 Å². The van der Waals surface area contributed by atoms with Crippen molar-refractivity contribution < 1.29 is 18.6 Å². The number of ether oxygens (including phenoxy) is 3. The van der Waals surface area contributed by atoms with Gasteiger partial charge in [-0.1, -0.05) is 12.1 Å². The van der Waals surface area contributed by atoms with E-state index in [4.69, 9.17) is 14.2 Å². The summed E-state index contributed by atoms with van der Waals surface area (Å²) >= 11 is 3.10. The van der Waals surface area contributed by atoms with Crippen LogP contribution in [0.2, 0.25) is 0 Å². The Morgan fingerprint density at radius 2 is 1.62 bits per heavy atom. The predicted molar refractivity (Wildman–Crippen MR) is 82.7 cm³/mol. The Hall–Kier alpha value is -1.75. The minimum atomic E-state index is -0.352. The van der Waals surface area contributed by atoms with Gasteiger partial charge in [0.1, 0.15) is 24.8 Å². The van der Waals surface area contributed by atoms with Gasteiger partial charge in [-0.05, 0) is 47.1 Å². The molecule has 21 heavy (non-hydrogen) atoms. The fraction of sp³-hybridized carbons (Fsp3) is 0.250. The fourth-order valence-corrected chi connectivity index (χ4v) is 1.97. The molecule has 2 aromatic rings. The van der Waals surface area contributed by atoms with Crippen LogP contribution in [-0.4, -0.2) is 19.8 Å². The minimum Gasteiger partial charge on any atom is -0.490 e. The Morgan fingerprint density at radius 1 is 0.952 bits per heavy atom. The molecule has 2 aromatic carbocycles. The monoisotopic (exact) mass is 354 g/mol. The molecule has 0 heterocycles. The third kappa shape index (κ3) is 4.63. The largest absolute Gasteiger partial charge is 0.490 e. The van der Waals surface area contributed by atoms with E-state index in [-0.39, 0.29) is 5.82 Å². The van der Waals surface area contributed by atoms with E-state index in [9.17, 15) is 4.39 Å². The van der Waals surface area contributed by atoms with Gasteiger partial charge in [-0.25, -0.2) is 4.39 Å². The van der Waals surface area contributed by atoms with Crippen LogP contribution in [0.25, 0.3) is 0 Å². The molecule has 5 heteroatoms. The lowest BCUT2D eigenvalue weighted by atomic mass is 10.3. The van der Waals surface area contributed by atoms with Crippen molar-refractivity contribution in [1.82, 2.24) is 0 Å². The van der Waals surface area contributed by atoms with Gasteiger partial charge >= 0.3 is 0 Å². The lowest BCUT2D eigenvalue weighted by Crippen LogP contribution is -2.10. The summed E-state index contributed by atoms with van der Waals surface area (Å²) < 4.78 is 30.2. The third-order valence-electron chi connectivity index (χ3n) is 2.65. The summed E-state index contributed by atoms with van der Waals surface area (Å²) in [5.41, 5.74) is 0. The summed E-state index contributed by atoms with van der Waals surface area (Å²) in [4.78, 5) is 0. The highest BCUT2D eigenvalue weighted by Crippen LogP contribution is 2.26. The molecule has 0 aromatic heterocycles. The maximum Gasteiger partial charge on any atom is 0.161 e. The van der Waals surface area contributed by atoms with Gasteiger partial charge in [0.25, 0.3) is 0 Å². The lowest BCUT2D eigenvalue weighted by Gasteiger charge is -2.12. The second-order valence-electron chi connectivity index (χ2n) is 4.15. The molecule has 0 aliphatic rings. The zero-order valence-electron chi connectivity index (χ0n) is 11.6. The van der Waals surface area contributed by atoms with Crippen LogP contribution in [0.3, 0.4) is 0 Å². The van der Waals surface area contributed by atoms with Crippen molar-refractivity contribution in [1.29, 1.82) is 0 Å². The predicted octanol–water partition coefficient (Wildman–Crippen LogP) is 4.44. The van der Waals surface area contributed by atoms with E-state index in [0.717, 1.165) is 0 Å². The molecule has 0 atom stereocenters. The van der Waals surface area contributed by atoms with Crippen LogP contribution >= 0.6 is 15.9 Å². The summed E-state index contributed by atoms with van der Waals surface area (Å²) in [5.74, 6) is 1.49. The van der Waals surface area contributed by atoms with Gasteiger partial charge in [0.15, 0.2) is 11.5 Å². The van der Waals surface area contributed by atoms with E-state index >= 15 is 0 Å². The Kier molecular flexibility index (Phi) is 5.87. The van der Waals surface area contributed by atoms with Crippen LogP contribution in [0, 0.1) is 5.82 Å². The first-order valence-electron chi connectivity index (χ1n) is 6.63. The van der Waals surface area contributed by atoms with Gasteiger partial charge in [-0.3, -0.25) is 0 Å².